The van der Waals surface area contributed by atoms with E-state index in [0.717, 1.165) is 37.8 Å². The maximum atomic E-state index is 15.1. The van der Waals surface area contributed by atoms with Gasteiger partial charge in [0.15, 0.2) is 11.6 Å². The van der Waals surface area contributed by atoms with Crippen molar-refractivity contribution in [3.8, 4) is 5.75 Å². The number of rotatable bonds is 7. The van der Waals surface area contributed by atoms with Crippen LogP contribution in [0.1, 0.15) is 86.5 Å². The van der Waals surface area contributed by atoms with Gasteiger partial charge in [-0.3, -0.25) is 0 Å². The molecule has 2 aromatic rings. The fourth-order valence-corrected chi connectivity index (χ4v) is 5.50. The maximum absolute atomic E-state index is 15.1. The lowest BCUT2D eigenvalue weighted by molar-refractivity contribution is -0.275. The van der Waals surface area contributed by atoms with Gasteiger partial charge in [-0.25, -0.2) is 13.2 Å². The molecular weight excluding hydrogens is 466 g/mol. The molecular formula is C28H30F6O. The summed E-state index contributed by atoms with van der Waals surface area (Å²) in [6.45, 7) is 2.19. The van der Waals surface area contributed by atoms with Crippen LogP contribution in [0.25, 0.3) is 5.57 Å². The van der Waals surface area contributed by atoms with E-state index in [1.54, 1.807) is 6.08 Å². The molecule has 0 aromatic heterocycles. The van der Waals surface area contributed by atoms with Crippen LogP contribution < -0.4 is 4.74 Å². The number of halogens is 6. The van der Waals surface area contributed by atoms with Gasteiger partial charge >= 0.3 is 6.36 Å². The van der Waals surface area contributed by atoms with E-state index in [1.165, 1.54) is 37.8 Å². The van der Waals surface area contributed by atoms with Crippen LogP contribution in [0.5, 0.6) is 5.75 Å². The monoisotopic (exact) mass is 496 g/mol. The zero-order valence-electron chi connectivity index (χ0n) is 19.8. The molecule has 0 heterocycles. The molecule has 0 unspecified atom stereocenters. The highest BCUT2D eigenvalue weighted by atomic mass is 19.4. The number of allylic oxidation sites excluding steroid dienone is 2. The molecule has 2 aliphatic rings. The van der Waals surface area contributed by atoms with Crippen molar-refractivity contribution in [2.75, 3.05) is 0 Å². The van der Waals surface area contributed by atoms with E-state index >= 15 is 8.78 Å². The summed E-state index contributed by atoms with van der Waals surface area (Å²) in [4.78, 5) is 0. The summed E-state index contributed by atoms with van der Waals surface area (Å²) in [6, 6.07) is 4.78. The first-order chi connectivity index (χ1) is 16.6. The van der Waals surface area contributed by atoms with Gasteiger partial charge in [-0.05, 0) is 96.9 Å². The van der Waals surface area contributed by atoms with Crippen molar-refractivity contribution in [2.24, 2.45) is 5.92 Å². The van der Waals surface area contributed by atoms with Crippen LogP contribution in [-0.4, -0.2) is 6.36 Å². The first-order valence-corrected chi connectivity index (χ1v) is 12.4. The summed E-state index contributed by atoms with van der Waals surface area (Å²) in [5.41, 5.74) is 1.71. The van der Waals surface area contributed by atoms with Gasteiger partial charge in [-0.15, -0.1) is 13.2 Å². The van der Waals surface area contributed by atoms with Gasteiger partial charge in [0.2, 0.25) is 0 Å². The Kier molecular flexibility index (Phi) is 7.82. The van der Waals surface area contributed by atoms with Crippen LogP contribution in [0.4, 0.5) is 26.3 Å². The molecule has 0 radical (unpaired) electrons. The number of hydrogen-bond donors (Lipinski definition) is 0. The summed E-state index contributed by atoms with van der Waals surface area (Å²) in [5.74, 6) is -2.55. The molecule has 1 nitrogen and oxygen atoms in total. The Labute approximate surface area is 202 Å². The van der Waals surface area contributed by atoms with Gasteiger partial charge in [0.25, 0.3) is 0 Å². The van der Waals surface area contributed by atoms with Gasteiger partial charge in [0.1, 0.15) is 11.6 Å². The molecule has 0 atom stereocenters. The second kappa shape index (κ2) is 10.7. The lowest BCUT2D eigenvalue weighted by Gasteiger charge is -2.29. The Morgan fingerprint density at radius 3 is 2.17 bits per heavy atom. The van der Waals surface area contributed by atoms with E-state index in [-0.39, 0.29) is 24.3 Å². The SMILES string of the molecule is CCCCCC1CCC(c2cc(F)c(C3=CCc4cc(OC(F)(F)F)c(F)cc4C3)c(F)c2)CC1. The number of fused-ring (bicyclic) bond motifs is 1. The molecule has 0 N–H and O–H groups in total. The lowest BCUT2D eigenvalue weighted by atomic mass is 9.76. The largest absolute Gasteiger partial charge is 0.573 e. The lowest BCUT2D eigenvalue weighted by Crippen LogP contribution is -2.18. The van der Waals surface area contributed by atoms with Gasteiger partial charge in [0.05, 0.1) is 0 Å². The average Bonchev–Trinajstić information content (AvgIpc) is 2.79. The molecule has 0 aliphatic heterocycles. The quantitative estimate of drug-likeness (QED) is 0.274. The molecule has 2 aromatic carbocycles. The fraction of sp³-hybridized carbons (Fsp3) is 0.500. The third-order valence-electron chi connectivity index (χ3n) is 7.35. The summed E-state index contributed by atoms with van der Waals surface area (Å²) >= 11 is 0. The standard InChI is InChI=1S/C28H30F6O/c1-2-3-4-5-17-6-8-18(9-7-17)22-14-24(30)27(25(31)15-22)20-11-10-19-16-26(35-28(32,33)34)23(29)13-21(19)12-20/h11,13-18H,2-10,12H2,1H3. The minimum atomic E-state index is -5.01. The Bertz CT molecular complexity index is 1060. The minimum Gasteiger partial charge on any atom is -0.403 e. The normalized spacial score (nSPS) is 20.4. The van der Waals surface area contributed by atoms with Crippen molar-refractivity contribution in [3.05, 3.63) is 70.0 Å². The second-order valence-corrected chi connectivity index (χ2v) is 9.78. The van der Waals surface area contributed by atoms with Crippen LogP contribution in [0.2, 0.25) is 0 Å². The summed E-state index contributed by atoms with van der Waals surface area (Å²) < 4.78 is 85.7. The smallest absolute Gasteiger partial charge is 0.403 e. The maximum Gasteiger partial charge on any atom is 0.573 e. The number of ether oxygens (including phenoxy) is 1. The third-order valence-corrected chi connectivity index (χ3v) is 7.35. The third kappa shape index (κ3) is 6.22. The van der Waals surface area contributed by atoms with E-state index in [4.69, 9.17) is 0 Å². The fourth-order valence-electron chi connectivity index (χ4n) is 5.50. The molecule has 1 fully saturated rings. The van der Waals surface area contributed by atoms with Crippen LogP contribution in [0.3, 0.4) is 0 Å². The van der Waals surface area contributed by atoms with Crippen molar-refractivity contribution in [1.82, 2.24) is 0 Å². The molecule has 2 aliphatic carbocycles. The summed E-state index contributed by atoms with van der Waals surface area (Å²) in [6.07, 6.45) is 5.63. The van der Waals surface area contributed by atoms with Gasteiger partial charge in [-0.2, -0.15) is 0 Å². The molecule has 1 saturated carbocycles. The zero-order valence-corrected chi connectivity index (χ0v) is 19.8. The summed E-state index contributed by atoms with van der Waals surface area (Å²) in [7, 11) is 0. The molecule has 0 saturated heterocycles. The van der Waals surface area contributed by atoms with E-state index in [9.17, 15) is 17.6 Å². The van der Waals surface area contributed by atoms with Crippen LogP contribution in [0.15, 0.2) is 30.3 Å². The van der Waals surface area contributed by atoms with E-state index < -0.39 is 29.6 Å². The van der Waals surface area contributed by atoms with Crippen LogP contribution in [0, 0.1) is 23.4 Å². The number of unbranched alkanes of at least 4 members (excludes halogenated alkanes) is 2. The zero-order chi connectivity index (χ0) is 25.2. The highest BCUT2D eigenvalue weighted by molar-refractivity contribution is 5.72. The van der Waals surface area contributed by atoms with Crippen molar-refractivity contribution in [1.29, 1.82) is 0 Å². The second-order valence-electron chi connectivity index (χ2n) is 9.78. The molecule has 35 heavy (non-hydrogen) atoms. The predicted octanol–water partition coefficient (Wildman–Crippen LogP) is 9.04. The van der Waals surface area contributed by atoms with Crippen molar-refractivity contribution in [2.45, 2.75) is 83.4 Å². The highest BCUT2D eigenvalue weighted by Crippen LogP contribution is 2.40. The first-order valence-electron chi connectivity index (χ1n) is 12.4. The Hall–Kier alpha value is -2.44. The topological polar surface area (TPSA) is 9.23 Å². The van der Waals surface area contributed by atoms with Crippen molar-refractivity contribution in [3.63, 3.8) is 0 Å². The Morgan fingerprint density at radius 2 is 1.54 bits per heavy atom. The molecule has 190 valence electrons. The average molecular weight is 497 g/mol. The van der Waals surface area contributed by atoms with E-state index in [2.05, 4.69) is 11.7 Å². The Balaban J connectivity index is 1.47. The van der Waals surface area contributed by atoms with Crippen LogP contribution >= 0.6 is 0 Å². The number of alkyl halides is 3. The van der Waals surface area contributed by atoms with Gasteiger partial charge < -0.3 is 4.74 Å². The van der Waals surface area contributed by atoms with Crippen LogP contribution in [-0.2, 0) is 12.8 Å². The van der Waals surface area contributed by atoms with Crippen molar-refractivity contribution < 1.29 is 31.1 Å². The molecule has 0 bridgehead atoms. The molecule has 0 amide bonds. The van der Waals surface area contributed by atoms with Gasteiger partial charge in [-0.1, -0.05) is 38.7 Å². The highest BCUT2D eigenvalue weighted by Gasteiger charge is 2.33. The summed E-state index contributed by atoms with van der Waals surface area (Å²) in [5, 5.41) is 0. The van der Waals surface area contributed by atoms with Gasteiger partial charge in [0, 0.05) is 5.56 Å². The minimum absolute atomic E-state index is 0.0224. The molecule has 4 rings (SSSR count). The first kappa shape index (κ1) is 25.6. The molecule has 7 heteroatoms. The number of benzene rings is 2. The van der Waals surface area contributed by atoms with E-state index in [1.807, 2.05) is 0 Å². The predicted molar refractivity (Wildman–Crippen MR) is 124 cm³/mol. The molecule has 0 spiro atoms. The number of hydrogen-bond acceptors (Lipinski definition) is 1. The van der Waals surface area contributed by atoms with Crippen molar-refractivity contribution >= 4 is 5.57 Å². The van der Waals surface area contributed by atoms with E-state index in [0.29, 0.717) is 28.2 Å². The Morgan fingerprint density at radius 1 is 0.857 bits per heavy atom.